The minimum atomic E-state index is -2.42. The highest BCUT2D eigenvalue weighted by atomic mass is 19.3. The third-order valence-corrected chi connectivity index (χ3v) is 3.40. The Morgan fingerprint density at radius 3 is 2.56 bits per heavy atom. The minimum Gasteiger partial charge on any atom is -0.385 e. The van der Waals surface area contributed by atoms with Gasteiger partial charge in [0.05, 0.1) is 0 Å². The van der Waals surface area contributed by atoms with Crippen LogP contribution in [-0.2, 0) is 0 Å². The van der Waals surface area contributed by atoms with Gasteiger partial charge in [-0.25, -0.2) is 8.78 Å². The zero-order chi connectivity index (χ0) is 13.0. The lowest BCUT2D eigenvalue weighted by atomic mass is 10.2. The smallest absolute Gasteiger partial charge is 0.253 e. The highest BCUT2D eigenvalue weighted by molar-refractivity contribution is 5.42. The number of hydrogen-bond acceptors (Lipinski definition) is 2. The van der Waals surface area contributed by atoms with Gasteiger partial charge in [-0.3, -0.25) is 0 Å². The lowest BCUT2D eigenvalue weighted by Gasteiger charge is -2.13. The number of alkyl halides is 2. The molecule has 4 heteroatoms. The van der Waals surface area contributed by atoms with Gasteiger partial charge in [0.15, 0.2) is 0 Å². The molecule has 0 heterocycles. The predicted molar refractivity (Wildman–Crippen MR) is 70.1 cm³/mol. The molecule has 2 atom stereocenters. The lowest BCUT2D eigenvalue weighted by molar-refractivity contribution is 0.0913. The van der Waals surface area contributed by atoms with E-state index in [0.717, 1.165) is 25.2 Å². The summed E-state index contributed by atoms with van der Waals surface area (Å²) in [6.45, 7) is 3.47. The van der Waals surface area contributed by atoms with Crippen LogP contribution in [-0.4, -0.2) is 25.1 Å². The number of anilines is 1. The molecule has 2 rings (SSSR count). The molecule has 100 valence electrons. The number of benzene rings is 1. The first-order chi connectivity index (χ1) is 8.59. The Kier molecular flexibility index (Phi) is 4.17. The maximum atomic E-state index is 12.8. The number of hydrogen-bond donors (Lipinski definition) is 2. The Morgan fingerprint density at radius 1 is 1.28 bits per heavy atom. The molecule has 0 aliphatic heterocycles. The molecule has 1 aliphatic carbocycles. The molecule has 0 amide bonds. The van der Waals surface area contributed by atoms with Gasteiger partial charge in [-0.05, 0) is 32.0 Å². The summed E-state index contributed by atoms with van der Waals surface area (Å²) < 4.78 is 25.6. The van der Waals surface area contributed by atoms with Crippen molar-refractivity contribution in [3.63, 3.8) is 0 Å². The van der Waals surface area contributed by atoms with Crippen LogP contribution in [0.15, 0.2) is 30.3 Å². The van der Waals surface area contributed by atoms with E-state index in [-0.39, 0.29) is 12.5 Å². The molecule has 0 spiro atoms. The standard InChI is InChI=1S/C14H20F2N2/c1-11(13-10-14(13,15)16)17-8-5-9-18-12-6-3-2-4-7-12/h2-4,6-7,11,13,17-18H,5,8-10H2,1H3. The Morgan fingerprint density at radius 2 is 1.94 bits per heavy atom. The van der Waals surface area contributed by atoms with Crippen molar-refractivity contribution >= 4 is 5.69 Å². The van der Waals surface area contributed by atoms with E-state index < -0.39 is 11.8 Å². The van der Waals surface area contributed by atoms with Gasteiger partial charge in [-0.2, -0.15) is 0 Å². The van der Waals surface area contributed by atoms with Gasteiger partial charge in [0, 0.05) is 30.6 Å². The van der Waals surface area contributed by atoms with Crippen molar-refractivity contribution in [1.82, 2.24) is 5.32 Å². The van der Waals surface area contributed by atoms with E-state index in [0.29, 0.717) is 0 Å². The molecule has 2 N–H and O–H groups in total. The van der Waals surface area contributed by atoms with Gasteiger partial charge in [0.25, 0.3) is 5.92 Å². The van der Waals surface area contributed by atoms with Gasteiger partial charge < -0.3 is 10.6 Å². The van der Waals surface area contributed by atoms with Crippen LogP contribution in [0.4, 0.5) is 14.5 Å². The Balaban J connectivity index is 1.54. The zero-order valence-electron chi connectivity index (χ0n) is 10.6. The van der Waals surface area contributed by atoms with Crippen molar-refractivity contribution in [2.24, 2.45) is 5.92 Å². The van der Waals surface area contributed by atoms with E-state index in [1.807, 2.05) is 37.3 Å². The molecule has 0 radical (unpaired) electrons. The molecular formula is C14H20F2N2. The van der Waals surface area contributed by atoms with E-state index in [1.54, 1.807) is 0 Å². The molecule has 1 fully saturated rings. The van der Waals surface area contributed by atoms with E-state index >= 15 is 0 Å². The molecule has 0 saturated heterocycles. The SMILES string of the molecule is CC(NCCCNc1ccccc1)C1CC1(F)F. The van der Waals surface area contributed by atoms with Gasteiger partial charge in [0.2, 0.25) is 0 Å². The summed E-state index contributed by atoms with van der Waals surface area (Å²) in [6.07, 6.45) is 0.973. The van der Waals surface area contributed by atoms with Crippen molar-refractivity contribution in [3.8, 4) is 0 Å². The van der Waals surface area contributed by atoms with Crippen LogP contribution in [0, 0.1) is 5.92 Å². The number of rotatable bonds is 7. The van der Waals surface area contributed by atoms with Crippen molar-refractivity contribution in [2.75, 3.05) is 18.4 Å². The molecule has 0 aromatic heterocycles. The highest BCUT2D eigenvalue weighted by Gasteiger charge is 2.58. The van der Waals surface area contributed by atoms with Crippen molar-refractivity contribution in [3.05, 3.63) is 30.3 Å². The summed E-state index contributed by atoms with van der Waals surface area (Å²) in [5, 5.41) is 6.46. The van der Waals surface area contributed by atoms with Gasteiger partial charge >= 0.3 is 0 Å². The molecule has 1 saturated carbocycles. The van der Waals surface area contributed by atoms with Crippen LogP contribution in [0.2, 0.25) is 0 Å². The number of nitrogens with one attached hydrogen (secondary N) is 2. The average molecular weight is 254 g/mol. The van der Waals surface area contributed by atoms with E-state index in [1.165, 1.54) is 0 Å². The van der Waals surface area contributed by atoms with E-state index in [2.05, 4.69) is 10.6 Å². The first-order valence-electron chi connectivity index (χ1n) is 6.50. The molecule has 0 bridgehead atoms. The number of para-hydroxylation sites is 1. The minimum absolute atomic E-state index is 0.0451. The van der Waals surface area contributed by atoms with Crippen molar-refractivity contribution in [1.29, 1.82) is 0 Å². The molecular weight excluding hydrogens is 234 g/mol. The zero-order valence-corrected chi connectivity index (χ0v) is 10.6. The van der Waals surface area contributed by atoms with Crippen molar-refractivity contribution < 1.29 is 8.78 Å². The van der Waals surface area contributed by atoms with Gasteiger partial charge in [0.1, 0.15) is 0 Å². The Labute approximate surface area is 107 Å². The van der Waals surface area contributed by atoms with Gasteiger partial charge in [-0.1, -0.05) is 18.2 Å². The predicted octanol–water partition coefficient (Wildman–Crippen LogP) is 3.12. The molecule has 1 aromatic rings. The average Bonchev–Trinajstić information content (AvgIpc) is 2.99. The third-order valence-electron chi connectivity index (χ3n) is 3.40. The summed E-state index contributed by atoms with van der Waals surface area (Å²) in [7, 11) is 0. The second kappa shape index (κ2) is 5.65. The summed E-state index contributed by atoms with van der Waals surface area (Å²) in [5.41, 5.74) is 1.10. The van der Waals surface area contributed by atoms with Crippen molar-refractivity contribution in [2.45, 2.75) is 31.7 Å². The molecule has 1 aliphatic rings. The van der Waals surface area contributed by atoms with E-state index in [9.17, 15) is 8.78 Å². The van der Waals surface area contributed by atoms with Crippen LogP contribution in [0.25, 0.3) is 0 Å². The van der Waals surface area contributed by atoms with Crippen LogP contribution in [0.5, 0.6) is 0 Å². The fourth-order valence-electron chi connectivity index (χ4n) is 2.13. The third kappa shape index (κ3) is 3.67. The summed E-state index contributed by atoms with van der Waals surface area (Å²) in [5.74, 6) is -2.88. The molecule has 18 heavy (non-hydrogen) atoms. The summed E-state index contributed by atoms with van der Waals surface area (Å²) in [6, 6.07) is 9.89. The quantitative estimate of drug-likeness (QED) is 0.730. The lowest BCUT2D eigenvalue weighted by Crippen LogP contribution is -2.31. The normalized spacial score (nSPS) is 22.5. The van der Waals surface area contributed by atoms with Crippen LogP contribution in [0.1, 0.15) is 19.8 Å². The van der Waals surface area contributed by atoms with Crippen LogP contribution in [0.3, 0.4) is 0 Å². The first-order valence-corrected chi connectivity index (χ1v) is 6.50. The van der Waals surface area contributed by atoms with Crippen LogP contribution >= 0.6 is 0 Å². The second-order valence-electron chi connectivity index (χ2n) is 4.96. The highest BCUT2D eigenvalue weighted by Crippen LogP contribution is 2.50. The largest absolute Gasteiger partial charge is 0.385 e. The van der Waals surface area contributed by atoms with E-state index in [4.69, 9.17) is 0 Å². The second-order valence-corrected chi connectivity index (χ2v) is 4.96. The summed E-state index contributed by atoms with van der Waals surface area (Å²) >= 11 is 0. The maximum Gasteiger partial charge on any atom is 0.253 e. The fraction of sp³-hybridized carbons (Fsp3) is 0.571. The van der Waals surface area contributed by atoms with Crippen LogP contribution < -0.4 is 10.6 Å². The number of halogens is 2. The molecule has 2 unspecified atom stereocenters. The summed E-state index contributed by atoms with van der Waals surface area (Å²) in [4.78, 5) is 0. The topological polar surface area (TPSA) is 24.1 Å². The maximum absolute atomic E-state index is 12.8. The Hall–Kier alpha value is -1.16. The Bertz CT molecular complexity index is 367. The van der Waals surface area contributed by atoms with Gasteiger partial charge in [-0.15, -0.1) is 0 Å². The fourth-order valence-corrected chi connectivity index (χ4v) is 2.13. The molecule has 2 nitrogen and oxygen atoms in total. The first kappa shape index (κ1) is 13.3. The monoisotopic (exact) mass is 254 g/mol. The molecule has 1 aromatic carbocycles.